The lowest BCUT2D eigenvalue weighted by atomic mass is 10.0. The summed E-state index contributed by atoms with van der Waals surface area (Å²) in [5.74, 6) is 0.404. The normalized spacial score (nSPS) is 21.4. The largest absolute Gasteiger partial charge is 0.341 e. The van der Waals surface area contributed by atoms with E-state index in [1.807, 2.05) is 11.0 Å². The van der Waals surface area contributed by atoms with E-state index in [0.29, 0.717) is 18.9 Å². The van der Waals surface area contributed by atoms with E-state index in [9.17, 15) is 9.18 Å². The maximum atomic E-state index is 13.4. The maximum Gasteiger partial charge on any atom is 0.233 e. The average molecular weight is 372 g/mol. The van der Waals surface area contributed by atoms with Gasteiger partial charge in [0.05, 0.1) is 5.92 Å². The molecule has 8 heteroatoms. The molecule has 0 saturated carbocycles. The molecule has 0 aliphatic carbocycles. The van der Waals surface area contributed by atoms with Crippen molar-refractivity contribution in [1.82, 2.24) is 30.0 Å². The Hall–Kier alpha value is -2.35. The van der Waals surface area contributed by atoms with Crippen LogP contribution in [-0.2, 0) is 17.9 Å². The molecule has 0 N–H and O–H groups in total. The minimum Gasteiger partial charge on any atom is -0.341 e. The molecule has 1 fully saturated rings. The molecule has 2 aliphatic heterocycles. The number of benzene rings is 1. The van der Waals surface area contributed by atoms with Crippen LogP contribution in [0.5, 0.6) is 0 Å². The summed E-state index contributed by atoms with van der Waals surface area (Å²) in [6.07, 6.45) is 3.73. The fourth-order valence-corrected chi connectivity index (χ4v) is 4.06. The molecule has 0 bridgehead atoms. The van der Waals surface area contributed by atoms with Gasteiger partial charge in [0.15, 0.2) is 5.82 Å². The molecule has 3 heterocycles. The third-order valence-electron chi connectivity index (χ3n) is 5.48. The Morgan fingerprint density at radius 1 is 1.11 bits per heavy atom. The van der Waals surface area contributed by atoms with Crippen LogP contribution in [0, 0.1) is 5.82 Å². The Bertz CT molecular complexity index is 794. The number of rotatable bonds is 3. The van der Waals surface area contributed by atoms with Crippen LogP contribution in [0.25, 0.3) is 0 Å². The molecule has 0 radical (unpaired) electrons. The molecule has 1 aromatic heterocycles. The van der Waals surface area contributed by atoms with Gasteiger partial charge in [-0.25, -0.2) is 9.07 Å². The van der Waals surface area contributed by atoms with Gasteiger partial charge in [0.25, 0.3) is 0 Å². The van der Waals surface area contributed by atoms with Crippen molar-refractivity contribution in [2.45, 2.75) is 44.7 Å². The lowest BCUT2D eigenvalue weighted by molar-refractivity contribution is -0.133. The molecule has 2 aliphatic rings. The van der Waals surface area contributed by atoms with Crippen LogP contribution in [0.1, 0.15) is 43.0 Å². The summed E-state index contributed by atoms with van der Waals surface area (Å²) in [6, 6.07) is 6.74. The number of aryl methyl sites for hydroxylation is 1. The summed E-state index contributed by atoms with van der Waals surface area (Å²) in [5.41, 5.74) is 0.970. The maximum absolute atomic E-state index is 13.4. The smallest absolute Gasteiger partial charge is 0.233 e. The number of aromatic nitrogens is 4. The van der Waals surface area contributed by atoms with Crippen LogP contribution in [0.2, 0.25) is 0 Å². The van der Waals surface area contributed by atoms with E-state index in [1.54, 1.807) is 16.8 Å². The van der Waals surface area contributed by atoms with Gasteiger partial charge in [-0.05, 0) is 47.4 Å². The SMILES string of the molecule is O=C([C@@H]1CCCCn2nnnc21)N1CCCN(Cc2cccc(F)c2)CC1. The van der Waals surface area contributed by atoms with Crippen LogP contribution in [-0.4, -0.2) is 62.1 Å². The average Bonchev–Trinajstić information content (AvgIpc) is 2.87. The van der Waals surface area contributed by atoms with Crippen molar-refractivity contribution in [2.75, 3.05) is 26.2 Å². The molecule has 1 amide bonds. The highest BCUT2D eigenvalue weighted by Crippen LogP contribution is 2.26. The molecule has 0 spiro atoms. The molecular formula is C19H25FN6O. The second-order valence-electron chi connectivity index (χ2n) is 7.39. The van der Waals surface area contributed by atoms with Crippen LogP contribution < -0.4 is 0 Å². The third kappa shape index (κ3) is 4.16. The van der Waals surface area contributed by atoms with Crippen molar-refractivity contribution in [2.24, 2.45) is 0 Å². The first kappa shape index (κ1) is 18.0. The summed E-state index contributed by atoms with van der Waals surface area (Å²) < 4.78 is 15.2. The first-order valence-corrected chi connectivity index (χ1v) is 9.72. The summed E-state index contributed by atoms with van der Waals surface area (Å²) in [6.45, 7) is 4.63. The molecule has 0 unspecified atom stereocenters. The molecule has 144 valence electrons. The Labute approximate surface area is 158 Å². The van der Waals surface area contributed by atoms with E-state index in [4.69, 9.17) is 0 Å². The molecule has 7 nitrogen and oxygen atoms in total. The van der Waals surface area contributed by atoms with Crippen LogP contribution in [0.4, 0.5) is 4.39 Å². The summed E-state index contributed by atoms with van der Waals surface area (Å²) >= 11 is 0. The van der Waals surface area contributed by atoms with Gasteiger partial charge in [0.2, 0.25) is 5.91 Å². The van der Waals surface area contributed by atoms with Crippen molar-refractivity contribution in [1.29, 1.82) is 0 Å². The van der Waals surface area contributed by atoms with Gasteiger partial charge >= 0.3 is 0 Å². The zero-order valence-electron chi connectivity index (χ0n) is 15.4. The quantitative estimate of drug-likeness (QED) is 0.822. The fraction of sp³-hybridized carbons (Fsp3) is 0.579. The third-order valence-corrected chi connectivity index (χ3v) is 5.48. The lowest BCUT2D eigenvalue weighted by Crippen LogP contribution is -2.38. The fourth-order valence-electron chi connectivity index (χ4n) is 4.06. The van der Waals surface area contributed by atoms with E-state index in [1.165, 1.54) is 6.07 Å². The van der Waals surface area contributed by atoms with Gasteiger partial charge in [-0.1, -0.05) is 18.6 Å². The highest BCUT2D eigenvalue weighted by atomic mass is 19.1. The van der Waals surface area contributed by atoms with Crippen molar-refractivity contribution in [3.63, 3.8) is 0 Å². The number of hydrogen-bond acceptors (Lipinski definition) is 5. The van der Waals surface area contributed by atoms with E-state index in [-0.39, 0.29) is 17.6 Å². The number of carbonyl (C=O) groups excluding carboxylic acids is 1. The second kappa shape index (κ2) is 8.12. The number of nitrogens with zero attached hydrogens (tertiary/aromatic N) is 6. The number of fused-ring (bicyclic) bond motifs is 1. The van der Waals surface area contributed by atoms with E-state index < -0.39 is 0 Å². The van der Waals surface area contributed by atoms with Gasteiger partial charge in [-0.2, -0.15) is 0 Å². The number of carbonyl (C=O) groups is 1. The Kier molecular flexibility index (Phi) is 5.42. The highest BCUT2D eigenvalue weighted by Gasteiger charge is 2.32. The van der Waals surface area contributed by atoms with Crippen LogP contribution in [0.3, 0.4) is 0 Å². The topological polar surface area (TPSA) is 67.2 Å². The Morgan fingerprint density at radius 2 is 2.04 bits per heavy atom. The summed E-state index contributed by atoms with van der Waals surface area (Å²) in [4.78, 5) is 17.4. The number of hydrogen-bond donors (Lipinski definition) is 0. The van der Waals surface area contributed by atoms with Gasteiger partial charge in [-0.3, -0.25) is 9.69 Å². The molecule has 1 aromatic carbocycles. The van der Waals surface area contributed by atoms with Gasteiger partial charge in [0, 0.05) is 39.3 Å². The predicted octanol–water partition coefficient (Wildman–Crippen LogP) is 1.81. The number of amides is 1. The Balaban J connectivity index is 1.40. The monoisotopic (exact) mass is 372 g/mol. The minimum atomic E-state index is -0.239. The first-order chi connectivity index (χ1) is 13.2. The summed E-state index contributed by atoms with van der Waals surface area (Å²) in [7, 11) is 0. The van der Waals surface area contributed by atoms with E-state index in [2.05, 4.69) is 20.4 Å². The van der Waals surface area contributed by atoms with Crippen molar-refractivity contribution in [3.05, 3.63) is 41.5 Å². The molecule has 2 aromatic rings. The summed E-state index contributed by atoms with van der Waals surface area (Å²) in [5, 5.41) is 11.9. The number of halogens is 1. The first-order valence-electron chi connectivity index (χ1n) is 9.72. The highest BCUT2D eigenvalue weighted by molar-refractivity contribution is 5.83. The predicted molar refractivity (Wildman–Crippen MR) is 97.3 cm³/mol. The zero-order valence-corrected chi connectivity index (χ0v) is 15.4. The van der Waals surface area contributed by atoms with Crippen molar-refractivity contribution < 1.29 is 9.18 Å². The zero-order chi connectivity index (χ0) is 18.6. The molecule has 27 heavy (non-hydrogen) atoms. The van der Waals surface area contributed by atoms with Gasteiger partial charge in [0.1, 0.15) is 5.82 Å². The van der Waals surface area contributed by atoms with Gasteiger partial charge in [-0.15, -0.1) is 5.10 Å². The van der Waals surface area contributed by atoms with Crippen molar-refractivity contribution >= 4 is 5.91 Å². The number of tetrazole rings is 1. The van der Waals surface area contributed by atoms with Crippen LogP contribution >= 0.6 is 0 Å². The van der Waals surface area contributed by atoms with E-state index >= 15 is 0 Å². The van der Waals surface area contributed by atoms with Gasteiger partial charge < -0.3 is 4.90 Å². The minimum absolute atomic E-state index is 0.139. The molecule has 1 saturated heterocycles. The van der Waals surface area contributed by atoms with E-state index in [0.717, 1.165) is 57.4 Å². The standard InChI is InChI=1S/C19H25FN6O/c20-16-6-3-5-15(13-16)14-24-8-4-9-25(12-11-24)19(27)17-7-1-2-10-26-18(17)21-22-23-26/h3,5-6,13,17H,1-2,4,7-12,14H2/t17-/m1/s1. The molecular weight excluding hydrogens is 347 g/mol. The van der Waals surface area contributed by atoms with Crippen molar-refractivity contribution in [3.8, 4) is 0 Å². The second-order valence-corrected chi connectivity index (χ2v) is 7.39. The van der Waals surface area contributed by atoms with Crippen LogP contribution in [0.15, 0.2) is 24.3 Å². The molecule has 4 rings (SSSR count). The Morgan fingerprint density at radius 3 is 2.93 bits per heavy atom. The lowest BCUT2D eigenvalue weighted by Gasteiger charge is -2.25. The molecule has 1 atom stereocenters.